The lowest BCUT2D eigenvalue weighted by atomic mass is 9.51. The van der Waals surface area contributed by atoms with E-state index in [1.807, 2.05) is 0 Å². The van der Waals surface area contributed by atoms with E-state index in [0.717, 1.165) is 4.90 Å². The molecule has 1 heterocycles. The second kappa shape index (κ2) is 6.84. The van der Waals surface area contributed by atoms with Crippen LogP contribution >= 0.6 is 0 Å². The van der Waals surface area contributed by atoms with Crippen LogP contribution in [0, 0.1) is 22.0 Å². The van der Waals surface area contributed by atoms with Gasteiger partial charge in [0, 0.05) is 22.0 Å². The fourth-order valence-corrected chi connectivity index (χ4v) is 6.23. The zero-order valence-corrected chi connectivity index (χ0v) is 18.0. The average molecular weight is 454 g/mol. The number of hydrogen-bond acceptors (Lipinski definition) is 6. The summed E-state index contributed by atoms with van der Waals surface area (Å²) in [6.45, 7) is 0. The van der Waals surface area contributed by atoms with Crippen LogP contribution in [-0.4, -0.2) is 29.8 Å². The lowest BCUT2D eigenvalue weighted by Crippen LogP contribution is -2.57. The number of nitro groups is 1. The highest BCUT2D eigenvalue weighted by Gasteiger charge is 2.75. The number of amides is 2. The van der Waals surface area contributed by atoms with Crippen molar-refractivity contribution in [1.82, 2.24) is 0 Å². The first-order valence-electron chi connectivity index (χ1n) is 10.8. The van der Waals surface area contributed by atoms with E-state index in [0.29, 0.717) is 22.3 Å². The van der Waals surface area contributed by atoms with Gasteiger partial charge in [-0.15, -0.1) is 0 Å². The highest BCUT2D eigenvalue weighted by atomic mass is 16.6. The van der Waals surface area contributed by atoms with Gasteiger partial charge in [0.2, 0.25) is 11.8 Å². The lowest BCUT2D eigenvalue weighted by Gasteiger charge is -2.48. The van der Waals surface area contributed by atoms with Gasteiger partial charge in [-0.3, -0.25) is 19.7 Å². The molecule has 1 aliphatic heterocycles. The van der Waals surface area contributed by atoms with Crippen LogP contribution in [0.25, 0.3) is 0 Å². The number of carbonyl (C=O) groups excluding carboxylic acids is 3. The van der Waals surface area contributed by atoms with E-state index in [9.17, 15) is 24.5 Å². The van der Waals surface area contributed by atoms with Crippen LogP contribution in [0.15, 0.2) is 72.8 Å². The summed E-state index contributed by atoms with van der Waals surface area (Å²) in [6.07, 6.45) is 0. The van der Waals surface area contributed by atoms with E-state index in [-0.39, 0.29) is 11.3 Å². The molecule has 3 aliphatic carbocycles. The largest absolute Gasteiger partial charge is 0.465 e. The van der Waals surface area contributed by atoms with Crippen molar-refractivity contribution in [3.63, 3.8) is 0 Å². The molecule has 0 unspecified atom stereocenters. The van der Waals surface area contributed by atoms with Gasteiger partial charge in [-0.05, 0) is 23.3 Å². The third kappa shape index (κ3) is 2.20. The maximum absolute atomic E-state index is 14.0. The number of esters is 1. The summed E-state index contributed by atoms with van der Waals surface area (Å²) in [5.41, 5.74) is 0.455. The maximum atomic E-state index is 14.0. The van der Waals surface area contributed by atoms with Gasteiger partial charge in [0.05, 0.1) is 24.3 Å². The molecule has 8 heteroatoms. The van der Waals surface area contributed by atoms with Gasteiger partial charge in [-0.1, -0.05) is 60.7 Å². The predicted octanol–water partition coefficient (Wildman–Crippen LogP) is 3.26. The molecule has 8 nitrogen and oxygen atoms in total. The predicted molar refractivity (Wildman–Crippen MR) is 120 cm³/mol. The Morgan fingerprint density at radius 2 is 1.47 bits per heavy atom. The van der Waals surface area contributed by atoms with Crippen LogP contribution in [0.5, 0.6) is 0 Å². The number of ether oxygens (including phenoxy) is 1. The highest BCUT2D eigenvalue weighted by Crippen LogP contribution is 2.64. The molecule has 0 radical (unpaired) electrons. The van der Waals surface area contributed by atoms with Crippen molar-refractivity contribution >= 4 is 23.5 Å². The van der Waals surface area contributed by atoms with Crippen LogP contribution in [0.4, 0.5) is 5.69 Å². The zero-order valence-electron chi connectivity index (χ0n) is 18.0. The molecule has 2 amide bonds. The van der Waals surface area contributed by atoms with Gasteiger partial charge < -0.3 is 4.74 Å². The van der Waals surface area contributed by atoms with Gasteiger partial charge >= 0.3 is 5.97 Å². The summed E-state index contributed by atoms with van der Waals surface area (Å²) in [4.78, 5) is 53.8. The van der Waals surface area contributed by atoms with Crippen LogP contribution in [0.2, 0.25) is 0 Å². The Kier molecular flexibility index (Phi) is 4.08. The molecule has 34 heavy (non-hydrogen) atoms. The van der Waals surface area contributed by atoms with E-state index < -0.39 is 46.0 Å². The number of para-hydroxylation sites is 1. The fourth-order valence-electron chi connectivity index (χ4n) is 6.23. The Hall–Kier alpha value is -4.33. The maximum Gasteiger partial charge on any atom is 0.339 e. The SMILES string of the molecule is COC(=O)c1ccccc1N1C(=O)[C@@H]2C3c4ccccc4C([N+](=O)[O-])(c4ccccc43)[C@H]2C1=O. The van der Waals surface area contributed by atoms with Gasteiger partial charge in [0.25, 0.3) is 5.54 Å². The third-order valence-corrected chi connectivity index (χ3v) is 7.41. The number of carbonyl (C=O) groups is 3. The smallest absolute Gasteiger partial charge is 0.339 e. The molecular weight excluding hydrogens is 436 g/mol. The first kappa shape index (κ1) is 20.3. The molecule has 1 fully saturated rings. The molecule has 3 aromatic carbocycles. The van der Waals surface area contributed by atoms with Crippen LogP contribution in [0.1, 0.15) is 38.5 Å². The molecule has 0 N–H and O–H groups in total. The average Bonchev–Trinajstić information content (AvgIpc) is 3.13. The topological polar surface area (TPSA) is 107 Å². The summed E-state index contributed by atoms with van der Waals surface area (Å²) in [5, 5.41) is 13.0. The summed E-state index contributed by atoms with van der Waals surface area (Å²) in [5.74, 6) is -4.65. The normalized spacial score (nSPS) is 26.0. The van der Waals surface area contributed by atoms with Crippen molar-refractivity contribution in [2.75, 3.05) is 12.0 Å². The number of methoxy groups -OCH3 is 1. The number of nitrogens with zero attached hydrogens (tertiary/aromatic N) is 2. The Morgan fingerprint density at radius 1 is 0.912 bits per heavy atom. The quantitative estimate of drug-likeness (QED) is 0.260. The molecular formula is C26H18N2O6. The highest BCUT2D eigenvalue weighted by molar-refractivity contribution is 6.25. The molecule has 4 aliphatic rings. The van der Waals surface area contributed by atoms with E-state index in [4.69, 9.17) is 4.74 Å². The summed E-state index contributed by atoms with van der Waals surface area (Å²) in [7, 11) is 1.21. The molecule has 0 saturated carbocycles. The van der Waals surface area contributed by atoms with Crippen molar-refractivity contribution in [2.45, 2.75) is 11.5 Å². The second-order valence-corrected chi connectivity index (χ2v) is 8.70. The van der Waals surface area contributed by atoms with Crippen molar-refractivity contribution < 1.29 is 24.0 Å². The summed E-state index contributed by atoms with van der Waals surface area (Å²) in [6, 6.07) is 20.1. The van der Waals surface area contributed by atoms with E-state index >= 15 is 0 Å². The molecule has 0 aromatic heterocycles. The van der Waals surface area contributed by atoms with Crippen molar-refractivity contribution in [3.05, 3.63) is 111 Å². The minimum Gasteiger partial charge on any atom is -0.465 e. The molecule has 2 atom stereocenters. The number of anilines is 1. The van der Waals surface area contributed by atoms with Gasteiger partial charge in [-0.25, -0.2) is 9.69 Å². The van der Waals surface area contributed by atoms with Crippen LogP contribution < -0.4 is 4.90 Å². The number of hydrogen-bond donors (Lipinski definition) is 0. The Bertz CT molecular complexity index is 1380. The Labute approximate surface area is 193 Å². The zero-order chi connectivity index (χ0) is 23.8. The minimum absolute atomic E-state index is 0.0443. The Balaban J connectivity index is 1.65. The van der Waals surface area contributed by atoms with E-state index in [1.165, 1.54) is 19.2 Å². The van der Waals surface area contributed by atoms with Crippen molar-refractivity contribution in [1.29, 1.82) is 0 Å². The van der Waals surface area contributed by atoms with Gasteiger partial charge in [0.15, 0.2) is 0 Å². The molecule has 1 saturated heterocycles. The first-order valence-corrected chi connectivity index (χ1v) is 10.8. The molecule has 7 rings (SSSR count). The van der Waals surface area contributed by atoms with E-state index in [2.05, 4.69) is 0 Å². The first-order chi connectivity index (χ1) is 16.4. The number of rotatable bonds is 3. The molecule has 3 aromatic rings. The fraction of sp³-hybridized carbons (Fsp3) is 0.192. The number of benzene rings is 3. The van der Waals surface area contributed by atoms with Crippen LogP contribution in [-0.2, 0) is 19.9 Å². The summed E-state index contributed by atoms with van der Waals surface area (Å²) >= 11 is 0. The van der Waals surface area contributed by atoms with Crippen LogP contribution in [0.3, 0.4) is 0 Å². The van der Waals surface area contributed by atoms with Gasteiger partial charge in [0.1, 0.15) is 5.92 Å². The van der Waals surface area contributed by atoms with Gasteiger partial charge in [-0.2, -0.15) is 0 Å². The monoisotopic (exact) mass is 454 g/mol. The lowest BCUT2D eigenvalue weighted by molar-refractivity contribution is -0.578. The summed E-state index contributed by atoms with van der Waals surface area (Å²) < 4.78 is 4.84. The Morgan fingerprint density at radius 3 is 2.06 bits per heavy atom. The number of imide groups is 1. The molecule has 2 bridgehead atoms. The van der Waals surface area contributed by atoms with E-state index in [1.54, 1.807) is 60.7 Å². The van der Waals surface area contributed by atoms with Crippen molar-refractivity contribution in [3.8, 4) is 0 Å². The minimum atomic E-state index is -1.91. The standard InChI is InChI=1S/C26H18N2O6/c1-34-25(31)16-10-4-7-13-19(16)27-23(29)21-20-14-8-2-5-11-17(14)26(28(32)33,22(21)24(27)30)18-12-6-3-9-15(18)20/h2-13,20-22H,1H3/t20?,21-,22-,26?/m1/s1. The molecule has 168 valence electrons. The van der Waals surface area contributed by atoms with Crippen molar-refractivity contribution in [2.24, 2.45) is 11.8 Å². The molecule has 0 spiro atoms. The second-order valence-electron chi connectivity index (χ2n) is 8.70. The third-order valence-electron chi connectivity index (χ3n) is 7.41.